The van der Waals surface area contributed by atoms with E-state index in [2.05, 4.69) is 10.1 Å². The molecule has 0 unspecified atom stereocenters. The molecule has 0 amide bonds. The number of aryl methyl sites for hydroxylation is 2. The van der Waals surface area contributed by atoms with Gasteiger partial charge in [0, 0.05) is 12.5 Å². The standard InChI is InChI=1S/C23H21N5O4/c1-16-8-10-18(11-9-16)21-14-20(25-27(21)19-6-4-3-5-7-19)23(29)32-13-12-26-17(2)24-15-22(26)28(30)31/h3-11,14-15H,12-13H2,1-2H3. The molecular weight excluding hydrogens is 410 g/mol. The summed E-state index contributed by atoms with van der Waals surface area (Å²) in [7, 11) is 0. The molecule has 0 radical (unpaired) electrons. The van der Waals surface area contributed by atoms with Gasteiger partial charge in [-0.2, -0.15) is 5.10 Å². The summed E-state index contributed by atoms with van der Waals surface area (Å²) in [5.74, 6) is -0.273. The molecule has 0 bridgehead atoms. The largest absolute Gasteiger partial charge is 0.457 e. The second-order valence-electron chi connectivity index (χ2n) is 7.24. The van der Waals surface area contributed by atoms with Gasteiger partial charge in [0.1, 0.15) is 19.3 Å². The zero-order valence-corrected chi connectivity index (χ0v) is 17.6. The molecule has 0 aliphatic carbocycles. The Kier molecular flexibility index (Phi) is 5.80. The van der Waals surface area contributed by atoms with Crippen LogP contribution in [0.1, 0.15) is 21.9 Å². The Morgan fingerprint density at radius 2 is 1.81 bits per heavy atom. The number of hydrogen-bond donors (Lipinski definition) is 0. The van der Waals surface area contributed by atoms with Crippen LogP contribution in [-0.4, -0.2) is 36.8 Å². The third-order valence-corrected chi connectivity index (χ3v) is 5.04. The Morgan fingerprint density at radius 3 is 2.50 bits per heavy atom. The number of carbonyl (C=O) groups is 1. The Hall–Kier alpha value is -4.27. The van der Waals surface area contributed by atoms with Gasteiger partial charge < -0.3 is 14.9 Å². The molecule has 0 aliphatic heterocycles. The molecule has 9 heteroatoms. The first-order chi connectivity index (χ1) is 15.4. The van der Waals surface area contributed by atoms with Gasteiger partial charge in [-0.15, -0.1) is 0 Å². The summed E-state index contributed by atoms with van der Waals surface area (Å²) in [5, 5.41) is 15.6. The van der Waals surface area contributed by atoms with Crippen molar-refractivity contribution in [3.8, 4) is 16.9 Å². The number of hydrogen-bond acceptors (Lipinski definition) is 6. The number of nitrogens with zero attached hydrogens (tertiary/aromatic N) is 5. The van der Waals surface area contributed by atoms with Crippen LogP contribution in [0.15, 0.2) is 66.9 Å². The van der Waals surface area contributed by atoms with E-state index in [1.165, 1.54) is 10.8 Å². The number of carbonyl (C=O) groups excluding carboxylic acids is 1. The Balaban J connectivity index is 1.57. The number of esters is 1. The minimum atomic E-state index is -0.603. The SMILES string of the molecule is Cc1ccc(-c2cc(C(=O)OCCn3c([N+](=O)[O-])cnc3C)nn2-c2ccccc2)cc1. The molecule has 9 nitrogen and oxygen atoms in total. The van der Waals surface area contributed by atoms with Crippen LogP contribution in [0.25, 0.3) is 16.9 Å². The van der Waals surface area contributed by atoms with Crippen LogP contribution < -0.4 is 0 Å². The maximum Gasteiger partial charge on any atom is 0.359 e. The fourth-order valence-corrected chi connectivity index (χ4v) is 3.36. The topological polar surface area (TPSA) is 105 Å². The van der Waals surface area contributed by atoms with Gasteiger partial charge in [0.15, 0.2) is 11.5 Å². The molecule has 32 heavy (non-hydrogen) atoms. The first-order valence-corrected chi connectivity index (χ1v) is 10.00. The first-order valence-electron chi connectivity index (χ1n) is 10.00. The van der Waals surface area contributed by atoms with Crippen molar-refractivity contribution in [2.75, 3.05) is 6.61 Å². The normalized spacial score (nSPS) is 10.8. The van der Waals surface area contributed by atoms with Gasteiger partial charge in [0.05, 0.1) is 11.4 Å². The Labute approximate surface area is 184 Å². The average Bonchev–Trinajstić information content (AvgIpc) is 3.39. The molecule has 162 valence electrons. The predicted octanol–water partition coefficient (Wildman–Crippen LogP) is 4.12. The summed E-state index contributed by atoms with van der Waals surface area (Å²) in [6, 6.07) is 19.1. The number of para-hydroxylation sites is 1. The Bertz CT molecular complexity index is 1260. The molecule has 0 atom stereocenters. The second kappa shape index (κ2) is 8.84. The first kappa shape index (κ1) is 21.0. The maximum atomic E-state index is 12.7. The second-order valence-corrected chi connectivity index (χ2v) is 7.24. The summed E-state index contributed by atoms with van der Waals surface area (Å²) in [4.78, 5) is 27.2. The van der Waals surface area contributed by atoms with E-state index in [9.17, 15) is 14.9 Å². The third-order valence-electron chi connectivity index (χ3n) is 5.04. The van der Waals surface area contributed by atoms with E-state index in [1.54, 1.807) is 17.7 Å². The molecule has 0 fully saturated rings. The van der Waals surface area contributed by atoms with Crippen LogP contribution in [0.3, 0.4) is 0 Å². The van der Waals surface area contributed by atoms with Gasteiger partial charge >= 0.3 is 11.8 Å². The summed E-state index contributed by atoms with van der Waals surface area (Å²) >= 11 is 0. The van der Waals surface area contributed by atoms with Crippen molar-refractivity contribution in [1.82, 2.24) is 19.3 Å². The number of benzene rings is 2. The van der Waals surface area contributed by atoms with Crippen LogP contribution in [0, 0.1) is 24.0 Å². The number of aromatic nitrogens is 4. The van der Waals surface area contributed by atoms with Gasteiger partial charge in [0.2, 0.25) is 0 Å². The van der Waals surface area contributed by atoms with Crippen molar-refractivity contribution < 1.29 is 14.5 Å². The fraction of sp³-hybridized carbons (Fsp3) is 0.174. The number of nitro groups is 1. The van der Waals surface area contributed by atoms with Crippen molar-refractivity contribution in [1.29, 1.82) is 0 Å². The summed E-state index contributed by atoms with van der Waals surface area (Å²) in [5.41, 5.74) is 3.76. The van der Waals surface area contributed by atoms with Crippen molar-refractivity contribution in [2.24, 2.45) is 0 Å². The van der Waals surface area contributed by atoms with Crippen LogP contribution >= 0.6 is 0 Å². The zero-order chi connectivity index (χ0) is 22.7. The van der Waals surface area contributed by atoms with Gasteiger partial charge in [-0.3, -0.25) is 0 Å². The van der Waals surface area contributed by atoms with E-state index in [0.717, 1.165) is 22.5 Å². The third kappa shape index (κ3) is 4.27. The van der Waals surface area contributed by atoms with Gasteiger partial charge in [-0.25, -0.2) is 19.0 Å². The lowest BCUT2D eigenvalue weighted by atomic mass is 10.1. The van der Waals surface area contributed by atoms with E-state index in [4.69, 9.17) is 4.74 Å². The highest BCUT2D eigenvalue weighted by molar-refractivity contribution is 5.89. The lowest BCUT2D eigenvalue weighted by Gasteiger charge is -2.07. The van der Waals surface area contributed by atoms with Crippen LogP contribution in [0.4, 0.5) is 5.82 Å². The molecule has 0 spiro atoms. The molecule has 2 heterocycles. The highest BCUT2D eigenvalue weighted by Crippen LogP contribution is 2.25. The molecule has 0 aliphatic rings. The van der Waals surface area contributed by atoms with Crippen molar-refractivity contribution >= 4 is 11.8 Å². The van der Waals surface area contributed by atoms with Crippen LogP contribution in [0.5, 0.6) is 0 Å². The number of rotatable bonds is 7. The van der Waals surface area contributed by atoms with Gasteiger partial charge in [-0.1, -0.05) is 48.0 Å². The molecule has 2 aromatic carbocycles. The van der Waals surface area contributed by atoms with Crippen LogP contribution in [0.2, 0.25) is 0 Å². The van der Waals surface area contributed by atoms with Gasteiger partial charge in [0.25, 0.3) is 0 Å². The summed E-state index contributed by atoms with van der Waals surface area (Å²) in [6.45, 7) is 3.74. The van der Waals surface area contributed by atoms with E-state index < -0.39 is 10.9 Å². The van der Waals surface area contributed by atoms with Crippen LogP contribution in [-0.2, 0) is 11.3 Å². The van der Waals surface area contributed by atoms with Crippen molar-refractivity contribution in [2.45, 2.75) is 20.4 Å². The summed E-state index contributed by atoms with van der Waals surface area (Å²) < 4.78 is 8.46. The summed E-state index contributed by atoms with van der Waals surface area (Å²) in [6.07, 6.45) is 1.19. The zero-order valence-electron chi connectivity index (χ0n) is 17.6. The van der Waals surface area contributed by atoms with E-state index in [0.29, 0.717) is 5.82 Å². The smallest absolute Gasteiger partial charge is 0.359 e. The highest BCUT2D eigenvalue weighted by atomic mass is 16.6. The fourth-order valence-electron chi connectivity index (χ4n) is 3.36. The van der Waals surface area contributed by atoms with E-state index in [-0.39, 0.29) is 24.7 Å². The lowest BCUT2D eigenvalue weighted by molar-refractivity contribution is -0.392. The molecule has 0 saturated carbocycles. The van der Waals surface area contributed by atoms with Crippen molar-refractivity contribution in [3.63, 3.8) is 0 Å². The molecule has 2 aromatic heterocycles. The van der Waals surface area contributed by atoms with E-state index >= 15 is 0 Å². The lowest BCUT2D eigenvalue weighted by Crippen LogP contribution is -2.14. The van der Waals surface area contributed by atoms with E-state index in [1.807, 2.05) is 61.5 Å². The molecule has 0 N–H and O–H groups in total. The van der Waals surface area contributed by atoms with Crippen molar-refractivity contribution in [3.05, 3.63) is 94.1 Å². The minimum Gasteiger partial charge on any atom is -0.457 e. The quantitative estimate of drug-likeness (QED) is 0.248. The highest BCUT2D eigenvalue weighted by Gasteiger charge is 2.20. The monoisotopic (exact) mass is 431 g/mol. The maximum absolute atomic E-state index is 12.7. The molecular formula is C23H21N5O4. The van der Waals surface area contributed by atoms with Gasteiger partial charge in [-0.05, 0) is 30.0 Å². The number of imidazole rings is 1. The number of ether oxygens (including phenoxy) is 1. The molecule has 4 aromatic rings. The average molecular weight is 431 g/mol. The molecule has 0 saturated heterocycles. The minimum absolute atomic E-state index is 0.0467. The Morgan fingerprint density at radius 1 is 1.09 bits per heavy atom. The predicted molar refractivity (Wildman–Crippen MR) is 118 cm³/mol. The molecule has 4 rings (SSSR count).